The molecule has 0 aromatic carbocycles. The SMILES string of the molecule is CCOC(=O)C(C)(C)c1nn[nH]c1S. The van der Waals surface area contributed by atoms with Crippen LogP contribution >= 0.6 is 12.6 Å². The van der Waals surface area contributed by atoms with Crippen LogP contribution in [0, 0.1) is 0 Å². The molecule has 0 atom stereocenters. The Balaban J connectivity index is 2.95. The van der Waals surface area contributed by atoms with Crippen molar-refractivity contribution in [3.63, 3.8) is 0 Å². The summed E-state index contributed by atoms with van der Waals surface area (Å²) in [5, 5.41) is 10.4. The first-order chi connectivity index (χ1) is 6.50. The number of carbonyl (C=O) groups excluding carboxylic acids is 1. The first-order valence-corrected chi connectivity index (χ1v) is 4.72. The van der Waals surface area contributed by atoms with Crippen LogP contribution in [0.4, 0.5) is 0 Å². The number of carbonyl (C=O) groups is 1. The lowest BCUT2D eigenvalue weighted by atomic mass is 9.90. The van der Waals surface area contributed by atoms with Crippen LogP contribution in [0.1, 0.15) is 26.5 Å². The number of hydrogen-bond donors (Lipinski definition) is 2. The van der Waals surface area contributed by atoms with Gasteiger partial charge >= 0.3 is 5.97 Å². The summed E-state index contributed by atoms with van der Waals surface area (Å²) < 4.78 is 4.93. The largest absolute Gasteiger partial charge is 0.465 e. The van der Waals surface area contributed by atoms with Gasteiger partial charge in [-0.15, -0.1) is 17.7 Å². The van der Waals surface area contributed by atoms with E-state index < -0.39 is 5.41 Å². The topological polar surface area (TPSA) is 67.9 Å². The minimum absolute atomic E-state index is 0.329. The molecule has 1 aromatic rings. The van der Waals surface area contributed by atoms with Gasteiger partial charge < -0.3 is 4.74 Å². The Kier molecular flexibility index (Phi) is 3.15. The molecule has 0 saturated heterocycles. The van der Waals surface area contributed by atoms with Gasteiger partial charge in [0.15, 0.2) is 0 Å². The van der Waals surface area contributed by atoms with Crippen LogP contribution < -0.4 is 0 Å². The molecule has 6 heteroatoms. The van der Waals surface area contributed by atoms with E-state index in [0.29, 0.717) is 17.3 Å². The summed E-state index contributed by atoms with van der Waals surface area (Å²) in [5.74, 6) is -0.329. The zero-order valence-corrected chi connectivity index (χ0v) is 9.26. The minimum Gasteiger partial charge on any atom is -0.465 e. The summed E-state index contributed by atoms with van der Waals surface area (Å²) in [7, 11) is 0. The standard InChI is InChI=1S/C8H13N3O2S/c1-4-13-7(12)8(2,3)5-6(14)10-11-9-5/h4H2,1-3H3,(H2,9,10,11,14). The summed E-state index contributed by atoms with van der Waals surface area (Å²) >= 11 is 4.12. The first kappa shape index (κ1) is 11.0. The Morgan fingerprint density at radius 3 is 2.71 bits per heavy atom. The Bertz CT molecular complexity index is 335. The van der Waals surface area contributed by atoms with E-state index in [2.05, 4.69) is 28.0 Å². The maximum absolute atomic E-state index is 11.6. The van der Waals surface area contributed by atoms with Crippen molar-refractivity contribution in [1.29, 1.82) is 0 Å². The highest BCUT2D eigenvalue weighted by Gasteiger charge is 2.35. The van der Waals surface area contributed by atoms with Gasteiger partial charge in [-0.05, 0) is 20.8 Å². The van der Waals surface area contributed by atoms with Crippen LogP contribution in [-0.4, -0.2) is 28.0 Å². The molecular formula is C8H13N3O2S. The highest BCUT2D eigenvalue weighted by atomic mass is 32.1. The van der Waals surface area contributed by atoms with Crippen LogP contribution in [0.3, 0.4) is 0 Å². The molecule has 78 valence electrons. The van der Waals surface area contributed by atoms with Crippen LogP contribution in [0.2, 0.25) is 0 Å². The molecule has 0 fully saturated rings. The van der Waals surface area contributed by atoms with E-state index in [4.69, 9.17) is 4.74 Å². The molecule has 1 rings (SSSR count). The van der Waals surface area contributed by atoms with Gasteiger partial charge in [0.25, 0.3) is 0 Å². The average molecular weight is 215 g/mol. The Morgan fingerprint density at radius 2 is 2.29 bits per heavy atom. The predicted molar refractivity (Wildman–Crippen MR) is 53.3 cm³/mol. The van der Waals surface area contributed by atoms with Gasteiger partial charge in [-0.1, -0.05) is 5.21 Å². The van der Waals surface area contributed by atoms with Crippen molar-refractivity contribution in [3.8, 4) is 0 Å². The number of nitrogens with one attached hydrogen (secondary N) is 1. The highest BCUT2D eigenvalue weighted by molar-refractivity contribution is 7.80. The molecule has 0 radical (unpaired) electrons. The highest BCUT2D eigenvalue weighted by Crippen LogP contribution is 2.26. The van der Waals surface area contributed by atoms with Crippen molar-refractivity contribution in [1.82, 2.24) is 15.4 Å². The van der Waals surface area contributed by atoms with Gasteiger partial charge in [-0.3, -0.25) is 9.89 Å². The summed E-state index contributed by atoms with van der Waals surface area (Å²) in [6.07, 6.45) is 0. The zero-order valence-electron chi connectivity index (χ0n) is 8.37. The maximum Gasteiger partial charge on any atom is 0.317 e. The van der Waals surface area contributed by atoms with Crippen LogP contribution in [0.5, 0.6) is 0 Å². The Morgan fingerprint density at radius 1 is 1.64 bits per heavy atom. The summed E-state index contributed by atoms with van der Waals surface area (Å²) in [4.78, 5) is 11.6. The molecule has 14 heavy (non-hydrogen) atoms. The number of nitrogens with zero attached hydrogens (tertiary/aromatic N) is 2. The molecular weight excluding hydrogens is 202 g/mol. The number of hydrogen-bond acceptors (Lipinski definition) is 5. The van der Waals surface area contributed by atoms with Crippen molar-refractivity contribution in [3.05, 3.63) is 5.69 Å². The van der Waals surface area contributed by atoms with Crippen molar-refractivity contribution in [2.45, 2.75) is 31.2 Å². The van der Waals surface area contributed by atoms with Crippen molar-refractivity contribution in [2.24, 2.45) is 0 Å². The second-order valence-electron chi connectivity index (χ2n) is 3.35. The molecule has 1 heterocycles. The molecule has 0 amide bonds. The van der Waals surface area contributed by atoms with Crippen LogP contribution in [-0.2, 0) is 14.9 Å². The smallest absolute Gasteiger partial charge is 0.317 e. The number of thiol groups is 1. The number of H-pyrrole nitrogens is 1. The summed E-state index contributed by atoms with van der Waals surface area (Å²) in [5.41, 5.74) is -0.320. The lowest BCUT2D eigenvalue weighted by molar-refractivity contribution is -0.149. The second kappa shape index (κ2) is 4.00. The van der Waals surface area contributed by atoms with Gasteiger partial charge in [0.2, 0.25) is 0 Å². The van der Waals surface area contributed by atoms with Gasteiger partial charge in [0.1, 0.15) is 16.1 Å². The van der Waals surface area contributed by atoms with Gasteiger partial charge in [0, 0.05) is 0 Å². The zero-order chi connectivity index (χ0) is 10.8. The molecule has 0 saturated carbocycles. The van der Waals surface area contributed by atoms with E-state index in [1.165, 1.54) is 0 Å². The van der Waals surface area contributed by atoms with Crippen LogP contribution in [0.15, 0.2) is 5.03 Å². The molecule has 0 spiro atoms. The molecule has 0 aliphatic rings. The molecule has 5 nitrogen and oxygen atoms in total. The lowest BCUT2D eigenvalue weighted by Crippen LogP contribution is -2.32. The monoisotopic (exact) mass is 215 g/mol. The molecule has 0 unspecified atom stereocenters. The van der Waals surface area contributed by atoms with E-state index >= 15 is 0 Å². The number of aromatic amines is 1. The van der Waals surface area contributed by atoms with Gasteiger partial charge in [-0.25, -0.2) is 0 Å². The number of ether oxygens (including phenoxy) is 1. The van der Waals surface area contributed by atoms with E-state index in [1.807, 2.05) is 0 Å². The fourth-order valence-electron chi connectivity index (χ4n) is 1.05. The second-order valence-corrected chi connectivity index (χ2v) is 3.80. The van der Waals surface area contributed by atoms with Crippen molar-refractivity contribution in [2.75, 3.05) is 6.61 Å². The quantitative estimate of drug-likeness (QED) is 0.581. The summed E-state index contributed by atoms with van der Waals surface area (Å²) in [6, 6.07) is 0. The third-order valence-electron chi connectivity index (χ3n) is 1.91. The average Bonchev–Trinajstić information content (AvgIpc) is 2.52. The lowest BCUT2D eigenvalue weighted by Gasteiger charge is -2.19. The molecule has 1 N–H and O–H groups in total. The van der Waals surface area contributed by atoms with Crippen molar-refractivity contribution >= 4 is 18.6 Å². The first-order valence-electron chi connectivity index (χ1n) is 4.27. The third kappa shape index (κ3) is 1.89. The van der Waals surface area contributed by atoms with E-state index in [-0.39, 0.29) is 5.97 Å². The van der Waals surface area contributed by atoms with Crippen LogP contribution in [0.25, 0.3) is 0 Å². The molecule has 0 bridgehead atoms. The normalized spacial score (nSPS) is 11.4. The van der Waals surface area contributed by atoms with Crippen molar-refractivity contribution < 1.29 is 9.53 Å². The van der Waals surface area contributed by atoms with Gasteiger partial charge in [-0.2, -0.15) is 0 Å². The maximum atomic E-state index is 11.6. The summed E-state index contributed by atoms with van der Waals surface area (Å²) in [6.45, 7) is 5.56. The molecule has 0 aliphatic carbocycles. The predicted octanol–water partition coefficient (Wildman–Crippen LogP) is 0.934. The minimum atomic E-state index is -0.819. The van der Waals surface area contributed by atoms with E-state index in [9.17, 15) is 4.79 Å². The Labute approximate surface area is 87.6 Å². The fourth-order valence-corrected chi connectivity index (χ4v) is 1.42. The number of esters is 1. The molecule has 0 aliphatic heterocycles. The number of rotatable bonds is 3. The fraction of sp³-hybridized carbons (Fsp3) is 0.625. The van der Waals surface area contributed by atoms with E-state index in [1.54, 1.807) is 20.8 Å². The van der Waals surface area contributed by atoms with Gasteiger partial charge in [0.05, 0.1) is 6.61 Å². The molecule has 1 aromatic heterocycles. The van der Waals surface area contributed by atoms with E-state index in [0.717, 1.165) is 0 Å². The Hall–Kier alpha value is -1.04. The third-order valence-corrected chi connectivity index (χ3v) is 2.22. The number of aromatic nitrogens is 3.